The van der Waals surface area contributed by atoms with Gasteiger partial charge in [0.15, 0.2) is 23.3 Å². The number of carbonyl (C=O) groups excluding carboxylic acids is 2. The van der Waals surface area contributed by atoms with Crippen LogP contribution in [0.3, 0.4) is 0 Å². The van der Waals surface area contributed by atoms with Gasteiger partial charge in [0.25, 0.3) is 11.8 Å². The predicted octanol–water partition coefficient (Wildman–Crippen LogP) is 3.41. The Morgan fingerprint density at radius 3 is 2.18 bits per heavy atom. The fourth-order valence-corrected chi connectivity index (χ4v) is 3.83. The number of anilines is 1. The van der Waals surface area contributed by atoms with Crippen molar-refractivity contribution < 1.29 is 44.4 Å². The van der Waals surface area contributed by atoms with Crippen LogP contribution in [-0.4, -0.2) is 33.5 Å². The fourth-order valence-electron chi connectivity index (χ4n) is 3.37. The van der Waals surface area contributed by atoms with Crippen LogP contribution in [0.25, 0.3) is 11.1 Å². The number of carbonyl (C=O) groups is 2. The van der Waals surface area contributed by atoms with Crippen molar-refractivity contribution in [2.45, 2.75) is 19.3 Å². The van der Waals surface area contributed by atoms with E-state index in [1.165, 1.54) is 0 Å². The lowest BCUT2D eigenvalue weighted by atomic mass is 10.0. The molecule has 3 rings (SSSR count). The molecular formula is C21H18F4N2O5S. The maximum atomic E-state index is 14.8. The average Bonchev–Trinajstić information content (AvgIpc) is 3.24. The summed E-state index contributed by atoms with van der Waals surface area (Å²) >= 11 is 0. The molecule has 2 N–H and O–H groups in total. The van der Waals surface area contributed by atoms with Gasteiger partial charge in [-0.3, -0.25) is 9.59 Å². The van der Waals surface area contributed by atoms with Crippen molar-refractivity contribution in [3.05, 3.63) is 58.7 Å². The minimum Gasteiger partial charge on any atom is -0.497 e. The number of methoxy groups -OCH3 is 1. The Morgan fingerprint density at radius 1 is 1.00 bits per heavy atom. The standard InChI is InChI=1S/C21H18F4N2O5S/c1-32-11-6-3-5-10(9-11)14-15(22)17(24)19(18(25)16(14)23)26-20(28)12-7-4-8-13(12)21(29)27-33(2,30)31/h3,5-6,9H,4,7-8H2,1-2H3,(H,26,28)(H,27,29)/i1D3. The minimum atomic E-state index is -3.96. The summed E-state index contributed by atoms with van der Waals surface area (Å²) in [5.41, 5.74) is -3.62. The fraction of sp³-hybridized carbons (Fsp3) is 0.238. The maximum absolute atomic E-state index is 14.8. The third-order valence-corrected chi connectivity index (χ3v) is 5.34. The predicted molar refractivity (Wildman–Crippen MR) is 111 cm³/mol. The van der Waals surface area contributed by atoms with Crippen molar-refractivity contribution in [1.82, 2.24) is 4.72 Å². The number of rotatable bonds is 6. The van der Waals surface area contributed by atoms with E-state index in [2.05, 4.69) is 4.74 Å². The van der Waals surface area contributed by atoms with Crippen molar-refractivity contribution >= 4 is 27.5 Å². The molecule has 0 bridgehead atoms. The number of hydrogen-bond acceptors (Lipinski definition) is 5. The molecule has 33 heavy (non-hydrogen) atoms. The van der Waals surface area contributed by atoms with E-state index in [-0.39, 0.29) is 36.2 Å². The summed E-state index contributed by atoms with van der Waals surface area (Å²) in [6.45, 7) is 0. The molecule has 0 saturated carbocycles. The molecule has 2 aromatic carbocycles. The first-order valence-electron chi connectivity index (χ1n) is 10.8. The number of sulfonamides is 1. The minimum absolute atomic E-state index is 0.00854. The molecule has 0 radical (unpaired) electrons. The largest absolute Gasteiger partial charge is 0.497 e. The zero-order valence-electron chi connectivity index (χ0n) is 19.9. The van der Waals surface area contributed by atoms with Gasteiger partial charge in [0.05, 0.1) is 23.0 Å². The first-order valence-corrected chi connectivity index (χ1v) is 11.2. The maximum Gasteiger partial charge on any atom is 0.261 e. The van der Waals surface area contributed by atoms with E-state index in [0.29, 0.717) is 6.26 Å². The van der Waals surface area contributed by atoms with E-state index >= 15 is 0 Å². The van der Waals surface area contributed by atoms with E-state index in [1.807, 2.05) is 0 Å². The number of halogens is 4. The second-order valence-corrected chi connectivity index (χ2v) is 8.85. The van der Waals surface area contributed by atoms with Gasteiger partial charge in [-0.05, 0) is 37.0 Å². The van der Waals surface area contributed by atoms with Gasteiger partial charge in [0.2, 0.25) is 10.0 Å². The van der Waals surface area contributed by atoms with E-state index < -0.39 is 69.0 Å². The van der Waals surface area contributed by atoms with Crippen molar-refractivity contribution in [1.29, 1.82) is 0 Å². The van der Waals surface area contributed by atoms with Crippen LogP contribution >= 0.6 is 0 Å². The van der Waals surface area contributed by atoms with Crippen molar-refractivity contribution in [3.63, 3.8) is 0 Å². The van der Waals surface area contributed by atoms with Crippen LogP contribution in [0.4, 0.5) is 23.2 Å². The lowest BCUT2D eigenvalue weighted by Gasteiger charge is -2.14. The Hall–Kier alpha value is -3.41. The molecule has 176 valence electrons. The highest BCUT2D eigenvalue weighted by Crippen LogP contribution is 2.36. The van der Waals surface area contributed by atoms with Crippen molar-refractivity contribution in [2.24, 2.45) is 0 Å². The summed E-state index contributed by atoms with van der Waals surface area (Å²) in [6.07, 6.45) is 0.895. The highest BCUT2D eigenvalue weighted by atomic mass is 32.2. The molecule has 0 aromatic heterocycles. The summed E-state index contributed by atoms with van der Waals surface area (Å²) in [5, 5.41) is 1.72. The molecule has 0 spiro atoms. The second kappa shape index (κ2) is 9.22. The summed E-state index contributed by atoms with van der Waals surface area (Å²) in [5.74, 6) is -10.4. The third-order valence-electron chi connectivity index (χ3n) is 4.79. The normalized spacial score (nSPS) is 15.5. The molecule has 7 nitrogen and oxygen atoms in total. The van der Waals surface area contributed by atoms with Gasteiger partial charge in [-0.1, -0.05) is 12.1 Å². The van der Waals surface area contributed by atoms with Crippen LogP contribution in [-0.2, 0) is 19.6 Å². The Labute approximate surface area is 190 Å². The van der Waals surface area contributed by atoms with Gasteiger partial charge in [0, 0.05) is 11.1 Å². The zero-order valence-corrected chi connectivity index (χ0v) is 17.7. The van der Waals surface area contributed by atoms with E-state index in [0.717, 1.165) is 24.3 Å². The van der Waals surface area contributed by atoms with Crippen LogP contribution in [0.5, 0.6) is 5.75 Å². The van der Waals surface area contributed by atoms with Crippen LogP contribution in [0.1, 0.15) is 23.4 Å². The number of nitrogens with one attached hydrogen (secondary N) is 2. The molecule has 12 heteroatoms. The van der Waals surface area contributed by atoms with Gasteiger partial charge in [-0.2, -0.15) is 0 Å². The third kappa shape index (κ3) is 5.00. The Kier molecular flexibility index (Phi) is 5.65. The number of hydrogen-bond donors (Lipinski definition) is 2. The first kappa shape index (κ1) is 20.2. The summed E-state index contributed by atoms with van der Waals surface area (Å²) < 4.78 is 109. The van der Waals surface area contributed by atoms with Crippen LogP contribution < -0.4 is 14.8 Å². The molecule has 2 amide bonds. The second-order valence-electron chi connectivity index (χ2n) is 7.10. The molecule has 1 aliphatic carbocycles. The molecule has 0 fully saturated rings. The number of benzene rings is 2. The average molecular weight is 489 g/mol. The molecule has 0 unspecified atom stereocenters. The topological polar surface area (TPSA) is 102 Å². The number of ether oxygens (including phenoxy) is 1. The van der Waals surface area contributed by atoms with Gasteiger partial charge in [-0.15, -0.1) is 0 Å². The zero-order chi connectivity index (χ0) is 27.0. The molecule has 1 aliphatic rings. The Morgan fingerprint density at radius 2 is 1.61 bits per heavy atom. The lowest BCUT2D eigenvalue weighted by molar-refractivity contribution is -0.117. The van der Waals surface area contributed by atoms with Crippen molar-refractivity contribution in [3.8, 4) is 16.9 Å². The van der Waals surface area contributed by atoms with Crippen LogP contribution in [0.15, 0.2) is 35.4 Å². The quantitative estimate of drug-likeness (QED) is 0.479. The van der Waals surface area contributed by atoms with E-state index in [1.54, 1.807) is 10.0 Å². The highest BCUT2D eigenvalue weighted by Gasteiger charge is 2.31. The monoisotopic (exact) mass is 489 g/mol. The van der Waals surface area contributed by atoms with Gasteiger partial charge in [-0.25, -0.2) is 30.7 Å². The molecule has 2 aromatic rings. The smallest absolute Gasteiger partial charge is 0.261 e. The molecule has 0 atom stereocenters. The SMILES string of the molecule is [2H]C([2H])([2H])Oc1cccc(-c2c(F)c(F)c(NC(=O)C3=C(C(=O)NS(C)(=O)=O)CCC3)c(F)c2F)c1. The highest BCUT2D eigenvalue weighted by molar-refractivity contribution is 7.89. The van der Waals surface area contributed by atoms with Gasteiger partial charge >= 0.3 is 0 Å². The summed E-state index contributed by atoms with van der Waals surface area (Å²) in [6, 6.07) is 4.22. The molecule has 0 heterocycles. The van der Waals surface area contributed by atoms with Gasteiger partial charge < -0.3 is 10.1 Å². The Balaban J connectivity index is 1.99. The summed E-state index contributed by atoms with van der Waals surface area (Å²) in [7, 11) is -6.86. The van der Waals surface area contributed by atoms with E-state index in [9.17, 15) is 35.6 Å². The Bertz CT molecular complexity index is 1370. The summed E-state index contributed by atoms with van der Waals surface area (Å²) in [4.78, 5) is 24.8. The van der Waals surface area contributed by atoms with Crippen LogP contribution in [0.2, 0.25) is 0 Å². The van der Waals surface area contributed by atoms with E-state index in [4.69, 9.17) is 4.11 Å². The number of amides is 2. The molecular weight excluding hydrogens is 468 g/mol. The van der Waals surface area contributed by atoms with Crippen molar-refractivity contribution in [2.75, 3.05) is 18.6 Å². The lowest BCUT2D eigenvalue weighted by Crippen LogP contribution is -2.31. The van der Waals surface area contributed by atoms with Crippen LogP contribution in [0, 0.1) is 23.3 Å². The van der Waals surface area contributed by atoms with Gasteiger partial charge in [0.1, 0.15) is 11.4 Å². The molecule has 0 aliphatic heterocycles. The first-order chi connectivity index (χ1) is 16.6. The molecule has 0 saturated heterocycles.